The van der Waals surface area contributed by atoms with E-state index in [1.54, 1.807) is 0 Å². The first-order valence-corrected chi connectivity index (χ1v) is 5.14. The molecule has 1 saturated heterocycles. The molecule has 0 unspecified atom stereocenters. The molecule has 9 heteroatoms. The van der Waals surface area contributed by atoms with Gasteiger partial charge in [-0.25, -0.2) is 9.68 Å². The maximum absolute atomic E-state index is 11.5. The fraction of sp³-hybridized carbons (Fsp3) is 0.556. The van der Waals surface area contributed by atoms with Crippen molar-refractivity contribution in [3.8, 4) is 0 Å². The molecule has 1 aromatic rings. The first-order valence-electron chi connectivity index (χ1n) is 5.14. The number of aliphatic hydroxyl groups is 2. The van der Waals surface area contributed by atoms with Crippen LogP contribution in [0.4, 0.5) is 0 Å². The van der Waals surface area contributed by atoms with Gasteiger partial charge >= 0.3 is 5.69 Å². The number of hydrogen-bond acceptors (Lipinski definition) is 7. The molecular formula is C9H12N2O7. The molecule has 1 aliphatic rings. The van der Waals surface area contributed by atoms with Gasteiger partial charge in [-0.2, -0.15) is 0 Å². The summed E-state index contributed by atoms with van der Waals surface area (Å²) in [5.41, 5.74) is -1.36. The Labute approximate surface area is 99.8 Å². The minimum absolute atomic E-state index is 0.354. The van der Waals surface area contributed by atoms with Gasteiger partial charge in [-0.3, -0.25) is 19.6 Å². The number of nitrogens with zero attached hydrogens (tertiary/aromatic N) is 1. The molecule has 2 rings (SSSR count). The molecule has 1 fully saturated rings. The minimum Gasteiger partial charge on any atom is -0.387 e. The predicted molar refractivity (Wildman–Crippen MR) is 55.8 cm³/mol. The number of nitrogens with one attached hydrogen (secondary N) is 1. The lowest BCUT2D eigenvalue weighted by Gasteiger charge is -2.16. The molecule has 0 amide bonds. The molecule has 1 aliphatic heterocycles. The van der Waals surface area contributed by atoms with Gasteiger partial charge in [0.15, 0.2) is 6.23 Å². The zero-order valence-corrected chi connectivity index (χ0v) is 9.09. The van der Waals surface area contributed by atoms with E-state index in [1.165, 1.54) is 0 Å². The van der Waals surface area contributed by atoms with Crippen molar-refractivity contribution in [2.75, 3.05) is 6.61 Å². The highest BCUT2D eigenvalue weighted by molar-refractivity contribution is 4.92. The SMILES string of the molecule is O=c1ccn([C@@H]2O[C@H](COO)[C@@H](O)[C@H]2O)c(=O)[nH]1. The van der Waals surface area contributed by atoms with Crippen LogP contribution in [-0.4, -0.2) is 49.9 Å². The number of ether oxygens (including phenoxy) is 1. The number of hydrogen-bond donors (Lipinski definition) is 4. The molecule has 0 spiro atoms. The molecule has 4 atom stereocenters. The van der Waals surface area contributed by atoms with Crippen LogP contribution in [0.25, 0.3) is 0 Å². The van der Waals surface area contributed by atoms with Crippen molar-refractivity contribution < 1.29 is 25.1 Å². The van der Waals surface area contributed by atoms with Crippen LogP contribution in [0.2, 0.25) is 0 Å². The van der Waals surface area contributed by atoms with Crippen molar-refractivity contribution in [2.24, 2.45) is 0 Å². The average molecular weight is 260 g/mol. The third-order valence-electron chi connectivity index (χ3n) is 2.70. The summed E-state index contributed by atoms with van der Waals surface area (Å²) in [6.45, 7) is -0.354. The van der Waals surface area contributed by atoms with E-state index in [0.717, 1.165) is 16.8 Å². The maximum atomic E-state index is 11.5. The number of aromatic nitrogens is 2. The van der Waals surface area contributed by atoms with Crippen molar-refractivity contribution in [3.63, 3.8) is 0 Å². The Morgan fingerprint density at radius 2 is 2.11 bits per heavy atom. The Morgan fingerprint density at radius 1 is 1.39 bits per heavy atom. The first kappa shape index (κ1) is 12.9. The van der Waals surface area contributed by atoms with E-state index in [-0.39, 0.29) is 6.61 Å². The Hall–Kier alpha value is -1.52. The Morgan fingerprint density at radius 3 is 2.72 bits per heavy atom. The Kier molecular flexibility index (Phi) is 3.59. The summed E-state index contributed by atoms with van der Waals surface area (Å²) < 4.78 is 6.13. The minimum atomic E-state index is -1.38. The van der Waals surface area contributed by atoms with Crippen molar-refractivity contribution in [2.45, 2.75) is 24.5 Å². The van der Waals surface area contributed by atoms with Gasteiger partial charge in [0, 0.05) is 12.3 Å². The highest BCUT2D eigenvalue weighted by Gasteiger charge is 2.44. The van der Waals surface area contributed by atoms with E-state index < -0.39 is 35.8 Å². The van der Waals surface area contributed by atoms with Gasteiger partial charge in [0.2, 0.25) is 0 Å². The second-order valence-corrected chi connectivity index (χ2v) is 3.86. The van der Waals surface area contributed by atoms with Crippen molar-refractivity contribution in [1.82, 2.24) is 9.55 Å². The van der Waals surface area contributed by atoms with E-state index in [2.05, 4.69) is 4.89 Å². The monoisotopic (exact) mass is 260 g/mol. The number of aliphatic hydroxyl groups excluding tert-OH is 2. The van der Waals surface area contributed by atoms with E-state index in [4.69, 9.17) is 9.99 Å². The third-order valence-corrected chi connectivity index (χ3v) is 2.70. The highest BCUT2D eigenvalue weighted by Crippen LogP contribution is 2.28. The largest absolute Gasteiger partial charge is 0.387 e. The number of rotatable bonds is 3. The molecule has 0 radical (unpaired) electrons. The summed E-state index contributed by atoms with van der Waals surface area (Å²) in [6, 6.07) is 1.08. The molecular weight excluding hydrogens is 248 g/mol. The van der Waals surface area contributed by atoms with Gasteiger partial charge < -0.3 is 14.9 Å². The highest BCUT2D eigenvalue weighted by atomic mass is 17.1. The van der Waals surface area contributed by atoms with Gasteiger partial charge in [0.25, 0.3) is 5.56 Å². The molecule has 18 heavy (non-hydrogen) atoms. The molecule has 2 heterocycles. The van der Waals surface area contributed by atoms with Crippen LogP contribution in [0.3, 0.4) is 0 Å². The lowest BCUT2D eigenvalue weighted by molar-refractivity contribution is -0.264. The normalized spacial score (nSPS) is 31.7. The fourth-order valence-corrected chi connectivity index (χ4v) is 1.80. The van der Waals surface area contributed by atoms with E-state index in [9.17, 15) is 19.8 Å². The van der Waals surface area contributed by atoms with Crippen molar-refractivity contribution in [3.05, 3.63) is 33.1 Å². The molecule has 0 bridgehead atoms. The van der Waals surface area contributed by atoms with E-state index >= 15 is 0 Å². The zero-order valence-electron chi connectivity index (χ0n) is 9.09. The molecule has 100 valence electrons. The number of H-pyrrole nitrogens is 1. The molecule has 0 aromatic carbocycles. The third kappa shape index (κ3) is 2.21. The average Bonchev–Trinajstić information content (AvgIpc) is 2.58. The standard InChI is InChI=1S/C9H12N2O7/c12-5-1-2-11(9(15)10-5)8-7(14)6(13)4(18-8)3-17-16/h1-2,4,6-8,13-14,16H,3H2,(H,10,12,15)/t4-,6-,7-,8-/m1/s1. The summed E-state index contributed by atoms with van der Waals surface area (Å²) in [6.07, 6.45) is -3.70. The summed E-state index contributed by atoms with van der Waals surface area (Å²) in [7, 11) is 0. The van der Waals surface area contributed by atoms with Crippen LogP contribution in [0.5, 0.6) is 0 Å². The van der Waals surface area contributed by atoms with Crippen LogP contribution in [0, 0.1) is 0 Å². The lowest BCUT2D eigenvalue weighted by Crippen LogP contribution is -2.37. The maximum Gasteiger partial charge on any atom is 0.330 e. The smallest absolute Gasteiger partial charge is 0.330 e. The molecule has 1 aromatic heterocycles. The topological polar surface area (TPSA) is 134 Å². The molecule has 4 N–H and O–H groups in total. The fourth-order valence-electron chi connectivity index (χ4n) is 1.80. The van der Waals surface area contributed by atoms with Crippen LogP contribution in [0.15, 0.2) is 21.9 Å². The van der Waals surface area contributed by atoms with Gasteiger partial charge in [-0.15, -0.1) is 0 Å². The van der Waals surface area contributed by atoms with Crippen LogP contribution in [0.1, 0.15) is 6.23 Å². The van der Waals surface area contributed by atoms with Crippen LogP contribution < -0.4 is 11.2 Å². The second kappa shape index (κ2) is 5.00. The van der Waals surface area contributed by atoms with Crippen molar-refractivity contribution >= 4 is 0 Å². The Bertz CT molecular complexity index is 524. The van der Waals surface area contributed by atoms with Crippen molar-refractivity contribution in [1.29, 1.82) is 0 Å². The molecule has 9 nitrogen and oxygen atoms in total. The Balaban J connectivity index is 2.29. The number of aromatic amines is 1. The first-order chi connectivity index (χ1) is 8.54. The van der Waals surface area contributed by atoms with Gasteiger partial charge in [-0.05, 0) is 0 Å². The zero-order chi connectivity index (χ0) is 13.3. The molecule has 0 saturated carbocycles. The van der Waals surface area contributed by atoms with Gasteiger partial charge in [0.1, 0.15) is 24.9 Å². The second-order valence-electron chi connectivity index (χ2n) is 3.86. The van der Waals surface area contributed by atoms with Crippen LogP contribution in [-0.2, 0) is 9.62 Å². The van der Waals surface area contributed by atoms with E-state index in [0.29, 0.717) is 0 Å². The summed E-state index contributed by atoms with van der Waals surface area (Å²) in [4.78, 5) is 28.2. The summed E-state index contributed by atoms with van der Waals surface area (Å²) in [5.74, 6) is 0. The van der Waals surface area contributed by atoms with E-state index in [1.807, 2.05) is 4.98 Å². The summed E-state index contributed by atoms with van der Waals surface area (Å²) >= 11 is 0. The van der Waals surface area contributed by atoms with Crippen LogP contribution >= 0.6 is 0 Å². The summed E-state index contributed by atoms with van der Waals surface area (Å²) in [5, 5.41) is 27.6. The lowest BCUT2D eigenvalue weighted by atomic mass is 10.1. The van der Waals surface area contributed by atoms with Gasteiger partial charge in [-0.1, -0.05) is 0 Å². The predicted octanol–water partition coefficient (Wildman–Crippen LogP) is -2.35. The molecule has 0 aliphatic carbocycles. The van der Waals surface area contributed by atoms with Gasteiger partial charge in [0.05, 0.1) is 0 Å². The quantitative estimate of drug-likeness (QED) is 0.353.